The van der Waals surface area contributed by atoms with Gasteiger partial charge in [-0.2, -0.15) is 0 Å². The smallest absolute Gasteiger partial charge is 0.153 e. The van der Waals surface area contributed by atoms with E-state index in [0.717, 1.165) is 41.3 Å². The molecular weight excluding hydrogens is 515 g/mol. The van der Waals surface area contributed by atoms with Crippen molar-refractivity contribution in [1.29, 1.82) is 0 Å². The van der Waals surface area contributed by atoms with E-state index in [1.54, 1.807) is 0 Å². The molecule has 1 N–H and O–H groups in total. The van der Waals surface area contributed by atoms with Gasteiger partial charge in [-0.15, -0.1) is 0 Å². The van der Waals surface area contributed by atoms with Gasteiger partial charge in [0.1, 0.15) is 23.4 Å². The van der Waals surface area contributed by atoms with Crippen LogP contribution in [0.25, 0.3) is 11.1 Å². The molecule has 4 rings (SSSR count). The van der Waals surface area contributed by atoms with Crippen molar-refractivity contribution in [2.45, 2.75) is 25.4 Å². The minimum Gasteiger partial charge on any atom is -0.507 e. The Kier molecular flexibility index (Phi) is 7.29. The number of phenols is 1. The number of ether oxygens (including phenoxy) is 2. The van der Waals surface area contributed by atoms with E-state index in [2.05, 4.69) is 22.0 Å². The van der Waals surface area contributed by atoms with Gasteiger partial charge in [0.05, 0.1) is 22.2 Å². The van der Waals surface area contributed by atoms with Crippen molar-refractivity contribution in [2.75, 3.05) is 11.9 Å². The second-order valence-electron chi connectivity index (χ2n) is 7.49. The van der Waals surface area contributed by atoms with Crippen LogP contribution in [0.4, 0.5) is 0 Å². The minimum absolute atomic E-state index is 0.129. The van der Waals surface area contributed by atoms with E-state index < -0.39 is 0 Å². The van der Waals surface area contributed by atoms with Crippen LogP contribution >= 0.6 is 39.1 Å². The predicted octanol–water partition coefficient (Wildman–Crippen LogP) is 7.41. The van der Waals surface area contributed by atoms with E-state index in [4.69, 9.17) is 32.7 Å². The Morgan fingerprint density at radius 2 is 1.88 bits per heavy atom. The zero-order valence-electron chi connectivity index (χ0n) is 17.1. The van der Waals surface area contributed by atoms with Gasteiger partial charge in [-0.3, -0.25) is 4.79 Å². The summed E-state index contributed by atoms with van der Waals surface area (Å²) in [6.07, 6.45) is 2.81. The molecule has 1 aliphatic carbocycles. The highest BCUT2D eigenvalue weighted by atomic mass is 79.9. The molecule has 4 nitrogen and oxygen atoms in total. The molecule has 32 heavy (non-hydrogen) atoms. The number of rotatable bonds is 8. The number of alkyl halides is 1. The van der Waals surface area contributed by atoms with Crippen molar-refractivity contribution < 1.29 is 19.4 Å². The number of aromatic hydroxyl groups is 1. The van der Waals surface area contributed by atoms with Gasteiger partial charge in [0.2, 0.25) is 0 Å². The highest BCUT2D eigenvalue weighted by Gasteiger charge is 2.28. The molecule has 1 aliphatic rings. The van der Waals surface area contributed by atoms with Gasteiger partial charge < -0.3 is 14.6 Å². The molecule has 0 radical (unpaired) electrons. The summed E-state index contributed by atoms with van der Waals surface area (Å²) in [4.78, 5) is 11.0. The van der Waals surface area contributed by atoms with Crippen LogP contribution < -0.4 is 9.47 Å². The van der Waals surface area contributed by atoms with Gasteiger partial charge in [-0.1, -0.05) is 69.5 Å². The van der Waals surface area contributed by atoms with Crippen LogP contribution in [0.15, 0.2) is 48.5 Å². The van der Waals surface area contributed by atoms with Gasteiger partial charge in [0, 0.05) is 17.0 Å². The summed E-state index contributed by atoms with van der Waals surface area (Å²) >= 11 is 16.4. The van der Waals surface area contributed by atoms with Crippen molar-refractivity contribution in [1.82, 2.24) is 0 Å². The number of benzene rings is 3. The van der Waals surface area contributed by atoms with E-state index in [1.165, 1.54) is 17.7 Å². The third kappa shape index (κ3) is 4.61. The fourth-order valence-corrected chi connectivity index (χ4v) is 4.68. The maximum absolute atomic E-state index is 11.0. The first-order chi connectivity index (χ1) is 15.5. The summed E-state index contributed by atoms with van der Waals surface area (Å²) in [6, 6.07) is 14.7. The Balaban J connectivity index is 1.64. The molecule has 0 amide bonds. The summed E-state index contributed by atoms with van der Waals surface area (Å²) in [5.74, 6) is 0.860. The molecule has 0 aromatic heterocycles. The molecule has 0 saturated carbocycles. The zero-order valence-corrected chi connectivity index (χ0v) is 20.2. The summed E-state index contributed by atoms with van der Waals surface area (Å²) in [6.45, 7) is 0.591. The zero-order chi connectivity index (χ0) is 22.7. The fourth-order valence-electron chi connectivity index (χ4n) is 3.95. The van der Waals surface area contributed by atoms with Crippen LogP contribution in [0, 0.1) is 0 Å². The lowest BCUT2D eigenvalue weighted by molar-refractivity contribution is 0.112. The van der Waals surface area contributed by atoms with Gasteiger partial charge in [0.25, 0.3) is 0 Å². The fraction of sp³-hybridized carbons (Fsp3) is 0.240. The second kappa shape index (κ2) is 10.2. The first kappa shape index (κ1) is 23.0. The minimum atomic E-state index is -0.221. The number of hydrogen-bond acceptors (Lipinski definition) is 4. The topological polar surface area (TPSA) is 55.8 Å². The number of fused-ring (bicyclic) bond motifs is 1. The average molecular weight is 536 g/mol. The maximum atomic E-state index is 11.0. The summed E-state index contributed by atoms with van der Waals surface area (Å²) in [5, 5.41) is 11.8. The van der Waals surface area contributed by atoms with E-state index in [9.17, 15) is 9.90 Å². The third-order valence-electron chi connectivity index (χ3n) is 5.48. The molecule has 0 aliphatic heterocycles. The number of aldehydes is 1. The third-order valence-corrected chi connectivity index (χ3v) is 6.73. The Bertz CT molecular complexity index is 1150. The first-order valence-electron chi connectivity index (χ1n) is 10.3. The number of carbonyl (C=O) groups excluding carboxylic acids is 1. The summed E-state index contributed by atoms with van der Waals surface area (Å²) in [5.41, 5.74) is 4.33. The number of carbonyl (C=O) groups is 1. The monoisotopic (exact) mass is 534 g/mol. The Hall–Kier alpha value is -2.21. The normalized spacial score (nSPS) is 14.8. The molecule has 3 aromatic carbocycles. The SMILES string of the molecule is O=Cc1cc(Cl)c(OC2CCc3c(-c4cccc(OCCCBr)c4Cl)cccc32)cc1O. The van der Waals surface area contributed by atoms with Crippen molar-refractivity contribution >= 4 is 45.4 Å². The molecule has 7 heteroatoms. The Labute approximate surface area is 205 Å². The number of hydrogen-bond donors (Lipinski definition) is 1. The average Bonchev–Trinajstić information content (AvgIpc) is 3.20. The predicted molar refractivity (Wildman–Crippen MR) is 131 cm³/mol. The lowest BCUT2D eigenvalue weighted by Gasteiger charge is -2.18. The molecular formula is C25H21BrCl2O4. The standard InChI is InChI=1S/C25H21BrCl2O4/c26-10-3-11-31-23-7-2-6-19(25(23)28)16-4-1-5-18-17(16)8-9-22(18)32-24-13-21(30)15(14-29)12-20(24)27/h1-2,4-7,12-14,22,30H,3,8-11H2. The molecule has 0 bridgehead atoms. The molecule has 3 aromatic rings. The van der Waals surface area contributed by atoms with Crippen LogP contribution in [0.5, 0.6) is 17.2 Å². The Morgan fingerprint density at radius 3 is 2.66 bits per heavy atom. The van der Waals surface area contributed by atoms with E-state index in [1.807, 2.05) is 30.3 Å². The van der Waals surface area contributed by atoms with Crippen LogP contribution in [-0.4, -0.2) is 23.3 Å². The molecule has 0 spiro atoms. The lowest BCUT2D eigenvalue weighted by atomic mass is 9.96. The van der Waals surface area contributed by atoms with Crippen LogP contribution in [0.1, 0.15) is 40.4 Å². The highest BCUT2D eigenvalue weighted by Crippen LogP contribution is 2.44. The lowest BCUT2D eigenvalue weighted by Crippen LogP contribution is -2.04. The van der Waals surface area contributed by atoms with E-state index in [0.29, 0.717) is 29.4 Å². The number of phenolic OH excluding ortho intramolecular Hbond substituents is 1. The quantitative estimate of drug-likeness (QED) is 0.185. The van der Waals surface area contributed by atoms with Gasteiger partial charge in [-0.05, 0) is 48.1 Å². The van der Waals surface area contributed by atoms with E-state index >= 15 is 0 Å². The van der Waals surface area contributed by atoms with Crippen LogP contribution in [-0.2, 0) is 6.42 Å². The van der Waals surface area contributed by atoms with Gasteiger partial charge >= 0.3 is 0 Å². The molecule has 0 fully saturated rings. The van der Waals surface area contributed by atoms with E-state index in [-0.39, 0.29) is 22.4 Å². The molecule has 1 atom stereocenters. The number of halogens is 3. The maximum Gasteiger partial charge on any atom is 0.153 e. The largest absolute Gasteiger partial charge is 0.507 e. The van der Waals surface area contributed by atoms with Gasteiger partial charge in [-0.25, -0.2) is 0 Å². The summed E-state index contributed by atoms with van der Waals surface area (Å²) < 4.78 is 12.0. The summed E-state index contributed by atoms with van der Waals surface area (Å²) in [7, 11) is 0. The van der Waals surface area contributed by atoms with Crippen molar-refractivity contribution in [2.24, 2.45) is 0 Å². The molecule has 0 saturated heterocycles. The van der Waals surface area contributed by atoms with Crippen molar-refractivity contribution in [3.8, 4) is 28.4 Å². The molecule has 0 heterocycles. The van der Waals surface area contributed by atoms with Crippen LogP contribution in [0.2, 0.25) is 10.0 Å². The van der Waals surface area contributed by atoms with Gasteiger partial charge in [0.15, 0.2) is 6.29 Å². The van der Waals surface area contributed by atoms with Crippen molar-refractivity contribution in [3.05, 3.63) is 75.3 Å². The first-order valence-corrected chi connectivity index (χ1v) is 12.1. The van der Waals surface area contributed by atoms with Crippen LogP contribution in [0.3, 0.4) is 0 Å². The second-order valence-corrected chi connectivity index (χ2v) is 9.06. The van der Waals surface area contributed by atoms with Crippen molar-refractivity contribution in [3.63, 3.8) is 0 Å². The Morgan fingerprint density at radius 1 is 1.09 bits per heavy atom. The highest BCUT2D eigenvalue weighted by molar-refractivity contribution is 9.09. The molecule has 1 unspecified atom stereocenters. The molecule has 166 valence electrons.